The van der Waals surface area contributed by atoms with Crippen molar-refractivity contribution in [2.24, 2.45) is 5.73 Å². The van der Waals surface area contributed by atoms with Gasteiger partial charge < -0.3 is 5.73 Å². The number of hydrogen-bond acceptors (Lipinski definition) is 3. The molecule has 2 N–H and O–H groups in total. The predicted molar refractivity (Wildman–Crippen MR) is 51.5 cm³/mol. The van der Waals surface area contributed by atoms with Gasteiger partial charge in [0.25, 0.3) is 0 Å². The molecule has 0 aliphatic rings. The first-order chi connectivity index (χ1) is 6.08. The summed E-state index contributed by atoms with van der Waals surface area (Å²) < 4.78 is 1.61. The summed E-state index contributed by atoms with van der Waals surface area (Å²) in [5.41, 5.74) is 5.00. The number of rotatable bonds is 3. The van der Waals surface area contributed by atoms with E-state index in [2.05, 4.69) is 4.98 Å². The molecule has 4 nitrogen and oxygen atoms in total. The maximum absolute atomic E-state index is 11.4. The summed E-state index contributed by atoms with van der Waals surface area (Å²) in [5.74, 6) is 0. The van der Waals surface area contributed by atoms with Crippen LogP contribution in [0.3, 0.4) is 0 Å². The van der Waals surface area contributed by atoms with Gasteiger partial charge in [-0.15, -0.1) is 0 Å². The molecule has 4 heteroatoms. The van der Waals surface area contributed by atoms with Crippen LogP contribution in [0.15, 0.2) is 23.3 Å². The SMILES string of the molecule is CC(C)(CCN)n1cccnc1=O. The molecule has 0 radical (unpaired) electrons. The third-order valence-corrected chi connectivity index (χ3v) is 2.12. The minimum Gasteiger partial charge on any atom is -0.330 e. The van der Waals surface area contributed by atoms with E-state index in [-0.39, 0.29) is 11.2 Å². The summed E-state index contributed by atoms with van der Waals surface area (Å²) in [6, 6.07) is 1.75. The van der Waals surface area contributed by atoms with Gasteiger partial charge in [-0.25, -0.2) is 9.78 Å². The van der Waals surface area contributed by atoms with Crippen LogP contribution >= 0.6 is 0 Å². The molecule has 0 fully saturated rings. The van der Waals surface area contributed by atoms with Crippen LogP contribution in [0.2, 0.25) is 0 Å². The smallest absolute Gasteiger partial charge is 0.330 e. The molecule has 1 heterocycles. The summed E-state index contributed by atoms with van der Waals surface area (Å²) in [6.07, 6.45) is 4.00. The second-order valence-electron chi connectivity index (χ2n) is 3.62. The summed E-state index contributed by atoms with van der Waals surface area (Å²) in [6.45, 7) is 4.51. The first kappa shape index (κ1) is 9.92. The molecule has 72 valence electrons. The zero-order valence-electron chi connectivity index (χ0n) is 8.03. The van der Waals surface area contributed by atoms with Crippen LogP contribution in [0, 0.1) is 0 Å². The van der Waals surface area contributed by atoms with E-state index in [1.807, 2.05) is 13.8 Å². The van der Waals surface area contributed by atoms with Crippen LogP contribution in [-0.2, 0) is 5.54 Å². The maximum Gasteiger partial charge on any atom is 0.347 e. The molecule has 0 amide bonds. The summed E-state index contributed by atoms with van der Waals surface area (Å²) >= 11 is 0. The lowest BCUT2D eigenvalue weighted by Crippen LogP contribution is -2.38. The Kier molecular flexibility index (Phi) is 2.83. The Labute approximate surface area is 77.4 Å². The first-order valence-electron chi connectivity index (χ1n) is 4.32. The highest BCUT2D eigenvalue weighted by Gasteiger charge is 2.19. The third-order valence-electron chi connectivity index (χ3n) is 2.12. The number of nitrogens with zero attached hydrogens (tertiary/aromatic N) is 2. The Morgan fingerprint density at radius 1 is 1.62 bits per heavy atom. The van der Waals surface area contributed by atoms with Crippen molar-refractivity contribution < 1.29 is 0 Å². The molecule has 1 aromatic heterocycles. The summed E-state index contributed by atoms with van der Waals surface area (Å²) in [5, 5.41) is 0. The molecule has 13 heavy (non-hydrogen) atoms. The van der Waals surface area contributed by atoms with Crippen molar-refractivity contribution in [1.29, 1.82) is 0 Å². The Morgan fingerprint density at radius 2 is 2.31 bits per heavy atom. The van der Waals surface area contributed by atoms with Crippen LogP contribution in [0.5, 0.6) is 0 Å². The maximum atomic E-state index is 11.4. The Hall–Kier alpha value is -1.16. The van der Waals surface area contributed by atoms with Gasteiger partial charge in [0.2, 0.25) is 0 Å². The van der Waals surface area contributed by atoms with Gasteiger partial charge in [0, 0.05) is 17.9 Å². The lowest BCUT2D eigenvalue weighted by Gasteiger charge is -2.26. The summed E-state index contributed by atoms with van der Waals surface area (Å²) in [7, 11) is 0. The van der Waals surface area contributed by atoms with Crippen molar-refractivity contribution in [1.82, 2.24) is 9.55 Å². The van der Waals surface area contributed by atoms with Crippen molar-refractivity contribution in [2.45, 2.75) is 25.8 Å². The zero-order chi connectivity index (χ0) is 9.90. The molecule has 0 saturated heterocycles. The fourth-order valence-electron chi connectivity index (χ4n) is 1.29. The average Bonchev–Trinajstić information content (AvgIpc) is 2.04. The van der Waals surface area contributed by atoms with Gasteiger partial charge in [-0.05, 0) is 32.9 Å². The molecule has 0 atom stereocenters. The molecule has 0 spiro atoms. The van der Waals surface area contributed by atoms with E-state index in [1.54, 1.807) is 16.8 Å². The number of nitrogens with two attached hydrogens (primary N) is 1. The van der Waals surface area contributed by atoms with E-state index in [0.717, 1.165) is 6.42 Å². The lowest BCUT2D eigenvalue weighted by molar-refractivity contribution is 0.318. The molecule has 0 aliphatic carbocycles. The quantitative estimate of drug-likeness (QED) is 0.730. The van der Waals surface area contributed by atoms with Crippen LogP contribution in [0.25, 0.3) is 0 Å². The molecule has 0 aliphatic heterocycles. The first-order valence-corrected chi connectivity index (χ1v) is 4.32. The van der Waals surface area contributed by atoms with Crippen LogP contribution in [0.1, 0.15) is 20.3 Å². The van der Waals surface area contributed by atoms with Crippen molar-refractivity contribution in [3.8, 4) is 0 Å². The molecule has 1 aromatic rings. The van der Waals surface area contributed by atoms with Gasteiger partial charge in [0.05, 0.1) is 0 Å². The molecule has 1 rings (SSSR count). The highest BCUT2D eigenvalue weighted by molar-refractivity contribution is 4.88. The monoisotopic (exact) mass is 181 g/mol. The normalized spacial score (nSPS) is 11.6. The van der Waals surface area contributed by atoms with E-state index in [9.17, 15) is 4.79 Å². The Morgan fingerprint density at radius 3 is 2.85 bits per heavy atom. The van der Waals surface area contributed by atoms with Gasteiger partial charge in [-0.1, -0.05) is 0 Å². The Balaban J connectivity index is 3.07. The fraction of sp³-hybridized carbons (Fsp3) is 0.556. The van der Waals surface area contributed by atoms with Crippen molar-refractivity contribution in [3.05, 3.63) is 28.9 Å². The minimum atomic E-state index is -0.250. The molecule has 0 aromatic carbocycles. The minimum absolute atomic E-state index is 0.221. The number of hydrogen-bond donors (Lipinski definition) is 1. The van der Waals surface area contributed by atoms with Crippen molar-refractivity contribution in [2.75, 3.05) is 6.54 Å². The zero-order valence-corrected chi connectivity index (χ0v) is 8.03. The van der Waals surface area contributed by atoms with E-state index in [1.165, 1.54) is 6.20 Å². The van der Waals surface area contributed by atoms with Crippen LogP contribution < -0.4 is 11.4 Å². The van der Waals surface area contributed by atoms with E-state index in [0.29, 0.717) is 6.54 Å². The predicted octanol–water partition coefficient (Wildman–Crippen LogP) is 0.327. The van der Waals surface area contributed by atoms with E-state index >= 15 is 0 Å². The molecule has 0 saturated carbocycles. The topological polar surface area (TPSA) is 60.9 Å². The van der Waals surface area contributed by atoms with Gasteiger partial charge in [0.1, 0.15) is 0 Å². The molecule has 0 bridgehead atoms. The second-order valence-corrected chi connectivity index (χ2v) is 3.62. The fourth-order valence-corrected chi connectivity index (χ4v) is 1.29. The largest absolute Gasteiger partial charge is 0.347 e. The standard InChI is InChI=1S/C9H15N3O/c1-9(2,4-5-10)12-7-3-6-11-8(12)13/h3,6-7H,4-5,10H2,1-2H3. The van der Waals surface area contributed by atoms with Gasteiger partial charge in [-0.3, -0.25) is 4.57 Å². The van der Waals surface area contributed by atoms with Gasteiger partial charge in [0.15, 0.2) is 0 Å². The van der Waals surface area contributed by atoms with Crippen molar-refractivity contribution >= 4 is 0 Å². The van der Waals surface area contributed by atoms with Gasteiger partial charge in [-0.2, -0.15) is 0 Å². The number of aromatic nitrogens is 2. The third kappa shape index (κ3) is 2.15. The average molecular weight is 181 g/mol. The Bertz CT molecular complexity index is 330. The highest BCUT2D eigenvalue weighted by Crippen LogP contribution is 2.15. The van der Waals surface area contributed by atoms with Crippen LogP contribution in [0.4, 0.5) is 0 Å². The molecular weight excluding hydrogens is 166 g/mol. The molecule has 0 unspecified atom stereocenters. The second kappa shape index (κ2) is 3.70. The van der Waals surface area contributed by atoms with E-state index in [4.69, 9.17) is 5.73 Å². The highest BCUT2D eigenvalue weighted by atomic mass is 16.1. The van der Waals surface area contributed by atoms with E-state index < -0.39 is 0 Å². The van der Waals surface area contributed by atoms with Crippen LogP contribution in [-0.4, -0.2) is 16.1 Å². The van der Waals surface area contributed by atoms with Crippen molar-refractivity contribution in [3.63, 3.8) is 0 Å². The molecular formula is C9H15N3O. The summed E-state index contributed by atoms with van der Waals surface area (Å²) in [4.78, 5) is 15.0. The lowest BCUT2D eigenvalue weighted by atomic mass is 10.0. The van der Waals surface area contributed by atoms with Gasteiger partial charge >= 0.3 is 5.69 Å².